The molecule has 2 aromatic rings. The van der Waals surface area contributed by atoms with Gasteiger partial charge in [-0.05, 0) is 24.3 Å². The van der Waals surface area contributed by atoms with Gasteiger partial charge in [0.25, 0.3) is 5.91 Å². The average Bonchev–Trinajstić information content (AvgIpc) is 2.81. The van der Waals surface area contributed by atoms with Crippen molar-refractivity contribution < 1.29 is 4.79 Å². The lowest BCUT2D eigenvalue weighted by molar-refractivity contribution is 0.0951. The second-order valence-corrected chi connectivity index (χ2v) is 4.51. The van der Waals surface area contributed by atoms with E-state index >= 15 is 0 Å². The van der Waals surface area contributed by atoms with Crippen LogP contribution in [0.2, 0.25) is 5.02 Å². The molecule has 0 aliphatic rings. The Bertz CT molecular complexity index is 594. The van der Waals surface area contributed by atoms with Gasteiger partial charge in [-0.25, -0.2) is 0 Å². The predicted octanol–water partition coefficient (Wildman–Crippen LogP) is 2.05. The van der Waals surface area contributed by atoms with Crippen LogP contribution in [0.3, 0.4) is 0 Å². The molecule has 6 heteroatoms. The first-order valence-electron chi connectivity index (χ1n) is 5.84. The van der Waals surface area contributed by atoms with Gasteiger partial charge in [0.2, 0.25) is 0 Å². The summed E-state index contributed by atoms with van der Waals surface area (Å²) in [7, 11) is 3.60. The van der Waals surface area contributed by atoms with Crippen molar-refractivity contribution in [3.8, 4) is 0 Å². The van der Waals surface area contributed by atoms with Gasteiger partial charge in [0.1, 0.15) is 0 Å². The van der Waals surface area contributed by atoms with E-state index in [1.807, 2.05) is 13.1 Å². The second-order valence-electron chi connectivity index (χ2n) is 4.07. The van der Waals surface area contributed by atoms with E-state index in [0.717, 1.165) is 11.4 Å². The lowest BCUT2D eigenvalue weighted by Crippen LogP contribution is -2.24. The lowest BCUT2D eigenvalue weighted by atomic mass is 10.1. The van der Waals surface area contributed by atoms with Crippen molar-refractivity contribution >= 4 is 23.2 Å². The lowest BCUT2D eigenvalue weighted by Gasteiger charge is -2.10. The molecular weight excluding hydrogens is 264 g/mol. The highest BCUT2D eigenvalue weighted by Crippen LogP contribution is 2.20. The van der Waals surface area contributed by atoms with Gasteiger partial charge >= 0.3 is 0 Å². The maximum atomic E-state index is 12.1. The Balaban J connectivity index is 2.12. The van der Waals surface area contributed by atoms with Crippen LogP contribution in [0.1, 0.15) is 16.1 Å². The summed E-state index contributed by atoms with van der Waals surface area (Å²) < 4.78 is 1.72. The average molecular weight is 279 g/mol. The van der Waals surface area contributed by atoms with Crippen LogP contribution < -0.4 is 10.6 Å². The number of aromatic nitrogens is 2. The topological polar surface area (TPSA) is 59.0 Å². The number of amides is 1. The summed E-state index contributed by atoms with van der Waals surface area (Å²) in [6.07, 6.45) is 1.69. The molecule has 0 aliphatic heterocycles. The largest absolute Gasteiger partial charge is 0.387 e. The minimum absolute atomic E-state index is 0.173. The highest BCUT2D eigenvalue weighted by Gasteiger charge is 2.11. The number of nitrogens with zero attached hydrogens (tertiary/aromatic N) is 2. The van der Waals surface area contributed by atoms with Crippen molar-refractivity contribution in [2.45, 2.75) is 6.54 Å². The van der Waals surface area contributed by atoms with Gasteiger partial charge in [-0.2, -0.15) is 5.10 Å². The molecule has 0 saturated carbocycles. The standard InChI is InChI=1S/C13H15ClN4O/c1-15-12-4-3-9(14)7-11(12)13(19)16-8-10-5-6-17-18(10)2/h3-7,15H,8H2,1-2H3,(H,16,19). The quantitative estimate of drug-likeness (QED) is 0.900. The number of carbonyl (C=O) groups excluding carboxylic acids is 1. The van der Waals surface area contributed by atoms with Gasteiger partial charge in [-0.15, -0.1) is 0 Å². The SMILES string of the molecule is CNc1ccc(Cl)cc1C(=O)NCc1ccnn1C. The van der Waals surface area contributed by atoms with Gasteiger partial charge < -0.3 is 10.6 Å². The molecule has 0 spiro atoms. The van der Waals surface area contributed by atoms with Crippen LogP contribution in [-0.4, -0.2) is 22.7 Å². The summed E-state index contributed by atoms with van der Waals surface area (Å²) in [6, 6.07) is 7.02. The maximum Gasteiger partial charge on any atom is 0.253 e. The van der Waals surface area contributed by atoms with E-state index in [0.29, 0.717) is 17.1 Å². The highest BCUT2D eigenvalue weighted by atomic mass is 35.5. The normalized spacial score (nSPS) is 10.3. The van der Waals surface area contributed by atoms with Crippen molar-refractivity contribution in [3.05, 3.63) is 46.7 Å². The zero-order valence-electron chi connectivity index (χ0n) is 10.8. The molecule has 1 aromatic carbocycles. The third kappa shape index (κ3) is 3.06. The molecule has 2 rings (SSSR count). The van der Waals surface area contributed by atoms with E-state index < -0.39 is 0 Å². The van der Waals surface area contributed by atoms with Gasteiger partial charge in [0.15, 0.2) is 0 Å². The molecule has 1 aromatic heterocycles. The summed E-state index contributed by atoms with van der Waals surface area (Å²) in [5, 5.41) is 10.4. The molecular formula is C13H15ClN4O. The van der Waals surface area contributed by atoms with Gasteiger partial charge in [-0.1, -0.05) is 11.6 Å². The molecule has 2 N–H and O–H groups in total. The maximum absolute atomic E-state index is 12.1. The summed E-state index contributed by atoms with van der Waals surface area (Å²) >= 11 is 5.92. The number of hydrogen-bond acceptors (Lipinski definition) is 3. The first kappa shape index (κ1) is 13.4. The summed E-state index contributed by atoms with van der Waals surface area (Å²) in [6.45, 7) is 0.422. The van der Waals surface area contributed by atoms with Crippen LogP contribution in [0.15, 0.2) is 30.5 Å². The first-order valence-corrected chi connectivity index (χ1v) is 6.22. The van der Waals surface area contributed by atoms with E-state index in [2.05, 4.69) is 15.7 Å². The number of nitrogens with one attached hydrogen (secondary N) is 2. The second kappa shape index (κ2) is 5.75. The molecule has 1 heterocycles. The van der Waals surface area contributed by atoms with Crippen molar-refractivity contribution in [3.63, 3.8) is 0 Å². The number of hydrogen-bond donors (Lipinski definition) is 2. The molecule has 0 atom stereocenters. The summed E-state index contributed by atoms with van der Waals surface area (Å²) in [5.74, 6) is -0.173. The van der Waals surface area contributed by atoms with Crippen LogP contribution in [0, 0.1) is 0 Å². The van der Waals surface area contributed by atoms with E-state index in [9.17, 15) is 4.79 Å². The number of benzene rings is 1. The zero-order chi connectivity index (χ0) is 13.8. The summed E-state index contributed by atoms with van der Waals surface area (Å²) in [4.78, 5) is 12.1. The Morgan fingerprint density at radius 3 is 2.84 bits per heavy atom. The summed E-state index contributed by atoms with van der Waals surface area (Å²) in [5.41, 5.74) is 2.20. The number of halogens is 1. The van der Waals surface area contributed by atoms with Crippen LogP contribution >= 0.6 is 11.6 Å². The van der Waals surface area contributed by atoms with Crippen LogP contribution in [-0.2, 0) is 13.6 Å². The Morgan fingerprint density at radius 2 is 2.21 bits per heavy atom. The third-order valence-electron chi connectivity index (χ3n) is 2.85. The van der Waals surface area contributed by atoms with Crippen molar-refractivity contribution in [2.24, 2.45) is 7.05 Å². The Labute approximate surface area is 116 Å². The van der Waals surface area contributed by atoms with Crippen LogP contribution in [0.5, 0.6) is 0 Å². The third-order valence-corrected chi connectivity index (χ3v) is 3.08. The van der Waals surface area contributed by atoms with Gasteiger partial charge in [-0.3, -0.25) is 9.48 Å². The monoisotopic (exact) mass is 278 g/mol. The van der Waals surface area contributed by atoms with E-state index in [1.165, 1.54) is 0 Å². The minimum atomic E-state index is -0.173. The van der Waals surface area contributed by atoms with Gasteiger partial charge in [0, 0.05) is 31.0 Å². The highest BCUT2D eigenvalue weighted by molar-refractivity contribution is 6.31. The molecule has 19 heavy (non-hydrogen) atoms. The molecule has 5 nitrogen and oxygen atoms in total. The molecule has 100 valence electrons. The smallest absolute Gasteiger partial charge is 0.253 e. The fourth-order valence-electron chi connectivity index (χ4n) is 1.76. The minimum Gasteiger partial charge on any atom is -0.387 e. The molecule has 0 aliphatic carbocycles. The number of anilines is 1. The Morgan fingerprint density at radius 1 is 1.42 bits per heavy atom. The molecule has 1 amide bonds. The van der Waals surface area contributed by atoms with E-state index in [4.69, 9.17) is 11.6 Å². The number of carbonyl (C=O) groups is 1. The fraction of sp³-hybridized carbons (Fsp3) is 0.231. The van der Waals surface area contributed by atoms with Crippen molar-refractivity contribution in [2.75, 3.05) is 12.4 Å². The molecule has 0 radical (unpaired) electrons. The van der Waals surface area contributed by atoms with Crippen LogP contribution in [0.4, 0.5) is 5.69 Å². The molecule has 0 bridgehead atoms. The molecule has 0 fully saturated rings. The molecule has 0 unspecified atom stereocenters. The molecule has 0 saturated heterocycles. The Kier molecular flexibility index (Phi) is 4.06. The number of rotatable bonds is 4. The van der Waals surface area contributed by atoms with Crippen molar-refractivity contribution in [1.82, 2.24) is 15.1 Å². The van der Waals surface area contributed by atoms with E-state index in [1.54, 1.807) is 36.1 Å². The van der Waals surface area contributed by atoms with Crippen molar-refractivity contribution in [1.29, 1.82) is 0 Å². The predicted molar refractivity (Wildman–Crippen MR) is 75.4 cm³/mol. The fourth-order valence-corrected chi connectivity index (χ4v) is 1.94. The first-order chi connectivity index (χ1) is 9.11. The van der Waals surface area contributed by atoms with E-state index in [-0.39, 0.29) is 5.91 Å². The number of aryl methyl sites for hydroxylation is 1. The van der Waals surface area contributed by atoms with Crippen LogP contribution in [0.25, 0.3) is 0 Å². The Hall–Kier alpha value is -2.01. The van der Waals surface area contributed by atoms with Gasteiger partial charge in [0.05, 0.1) is 17.8 Å². The zero-order valence-corrected chi connectivity index (χ0v) is 11.5.